The lowest BCUT2D eigenvalue weighted by molar-refractivity contribution is 0.373. The molecule has 0 radical (unpaired) electrons. The minimum Gasteiger partial charge on any atom is -0.341 e. The van der Waals surface area contributed by atoms with Crippen LogP contribution in [0.1, 0.15) is 67.7 Å². The number of hydrogen-bond acceptors (Lipinski definition) is 6. The summed E-state index contributed by atoms with van der Waals surface area (Å²) in [5.41, 5.74) is 5.75. The minimum atomic E-state index is 0.373. The summed E-state index contributed by atoms with van der Waals surface area (Å²) >= 11 is 0. The van der Waals surface area contributed by atoms with Crippen molar-refractivity contribution in [3.05, 3.63) is 60.4 Å². The molecule has 33 heavy (non-hydrogen) atoms. The molecule has 166 valence electrons. The van der Waals surface area contributed by atoms with E-state index in [4.69, 9.17) is 10.1 Å². The summed E-state index contributed by atoms with van der Waals surface area (Å²) in [7, 11) is 0. The maximum Gasteiger partial charge on any atom is 0.225 e. The fraction of sp³-hybridized carbons (Fsp3) is 0.423. The Bertz CT molecular complexity index is 1300. The monoisotopic (exact) mass is 437 g/mol. The molecule has 5 heterocycles. The van der Waals surface area contributed by atoms with Crippen LogP contribution in [0.4, 0.5) is 5.95 Å². The van der Waals surface area contributed by atoms with Crippen molar-refractivity contribution in [1.29, 1.82) is 0 Å². The Labute approximate surface area is 192 Å². The van der Waals surface area contributed by atoms with Crippen LogP contribution in [-0.2, 0) is 0 Å². The summed E-state index contributed by atoms with van der Waals surface area (Å²) in [5, 5.41) is 5.92. The van der Waals surface area contributed by atoms with E-state index in [0.29, 0.717) is 17.9 Å². The van der Waals surface area contributed by atoms with Crippen LogP contribution in [0.25, 0.3) is 22.2 Å². The van der Waals surface area contributed by atoms with Crippen LogP contribution in [0.2, 0.25) is 0 Å². The lowest BCUT2D eigenvalue weighted by Gasteiger charge is -2.32. The Morgan fingerprint density at radius 1 is 0.788 bits per heavy atom. The van der Waals surface area contributed by atoms with Crippen LogP contribution in [0, 0.1) is 0 Å². The molecule has 0 N–H and O–H groups in total. The average Bonchev–Trinajstić information content (AvgIpc) is 3.81. The number of nitrogens with zero attached hydrogens (tertiary/aromatic N) is 7. The van der Waals surface area contributed by atoms with Gasteiger partial charge >= 0.3 is 0 Å². The van der Waals surface area contributed by atoms with E-state index >= 15 is 0 Å². The van der Waals surface area contributed by atoms with E-state index in [1.165, 1.54) is 36.9 Å². The van der Waals surface area contributed by atoms with Gasteiger partial charge in [0.05, 0.1) is 35.3 Å². The molecule has 1 aliphatic heterocycles. The minimum absolute atomic E-state index is 0.373. The van der Waals surface area contributed by atoms with Crippen LogP contribution in [-0.4, -0.2) is 42.8 Å². The highest BCUT2D eigenvalue weighted by Crippen LogP contribution is 2.43. The molecular formula is C26H27N7. The molecule has 7 rings (SSSR count). The van der Waals surface area contributed by atoms with Crippen LogP contribution in [0.5, 0.6) is 0 Å². The first-order valence-corrected chi connectivity index (χ1v) is 12.2. The zero-order chi connectivity index (χ0) is 21.8. The highest BCUT2D eigenvalue weighted by atomic mass is 15.3. The highest BCUT2D eigenvalue weighted by Gasteiger charge is 2.29. The quantitative estimate of drug-likeness (QED) is 0.443. The lowest BCUT2D eigenvalue weighted by Crippen LogP contribution is -2.36. The van der Waals surface area contributed by atoms with Crippen molar-refractivity contribution in [2.24, 2.45) is 0 Å². The third-order valence-electron chi connectivity index (χ3n) is 7.36. The molecule has 0 spiro atoms. The van der Waals surface area contributed by atoms with Gasteiger partial charge < -0.3 is 4.90 Å². The molecule has 0 bridgehead atoms. The molecule has 3 fully saturated rings. The van der Waals surface area contributed by atoms with Gasteiger partial charge in [-0.3, -0.25) is 14.6 Å². The summed E-state index contributed by atoms with van der Waals surface area (Å²) < 4.78 is 2.17. The summed E-state index contributed by atoms with van der Waals surface area (Å²) in [6.45, 7) is 1.89. The van der Waals surface area contributed by atoms with Crippen molar-refractivity contribution in [2.45, 2.75) is 56.4 Å². The molecule has 4 aromatic rings. The van der Waals surface area contributed by atoms with Crippen LogP contribution >= 0.6 is 0 Å². The maximum absolute atomic E-state index is 4.83. The first kappa shape index (κ1) is 19.1. The Kier molecular flexibility index (Phi) is 4.42. The van der Waals surface area contributed by atoms with Gasteiger partial charge in [0.1, 0.15) is 0 Å². The van der Waals surface area contributed by atoms with Gasteiger partial charge in [-0.1, -0.05) is 0 Å². The number of aromatic nitrogens is 6. The standard InChI is InChI=1S/C26H27N7/c1-2-22(25(27-9-1)18-5-6-18)23-12-19-15-31-33(24(19)16-28-23)21-7-10-32(11-8-21)26-29-13-20(14-30-26)17-3-4-17/h1-2,9,12-18,21H,3-8,10-11H2. The van der Waals surface area contributed by atoms with E-state index < -0.39 is 0 Å². The van der Waals surface area contributed by atoms with Crippen molar-refractivity contribution >= 4 is 16.9 Å². The third kappa shape index (κ3) is 3.56. The number of piperidine rings is 1. The molecule has 1 saturated heterocycles. The van der Waals surface area contributed by atoms with Crippen molar-refractivity contribution in [2.75, 3.05) is 18.0 Å². The van der Waals surface area contributed by atoms with Crippen LogP contribution in [0.3, 0.4) is 0 Å². The second-order valence-electron chi connectivity index (χ2n) is 9.74. The smallest absolute Gasteiger partial charge is 0.225 e. The molecule has 0 aromatic carbocycles. The molecule has 2 saturated carbocycles. The highest BCUT2D eigenvalue weighted by molar-refractivity contribution is 5.82. The Hall–Kier alpha value is -3.35. The van der Waals surface area contributed by atoms with Gasteiger partial charge in [0, 0.05) is 48.5 Å². The van der Waals surface area contributed by atoms with Gasteiger partial charge in [-0.25, -0.2) is 9.97 Å². The van der Waals surface area contributed by atoms with Gasteiger partial charge in [0.15, 0.2) is 0 Å². The molecule has 7 nitrogen and oxygen atoms in total. The van der Waals surface area contributed by atoms with Gasteiger partial charge in [-0.2, -0.15) is 5.10 Å². The fourth-order valence-corrected chi connectivity index (χ4v) is 5.13. The normalized spacial score (nSPS) is 19.3. The lowest BCUT2D eigenvalue weighted by atomic mass is 10.0. The van der Waals surface area contributed by atoms with Crippen molar-refractivity contribution in [1.82, 2.24) is 29.7 Å². The van der Waals surface area contributed by atoms with Gasteiger partial charge in [0.2, 0.25) is 5.95 Å². The van der Waals surface area contributed by atoms with E-state index in [1.54, 1.807) is 0 Å². The number of hydrogen-bond donors (Lipinski definition) is 0. The van der Waals surface area contributed by atoms with Crippen LogP contribution < -0.4 is 4.90 Å². The van der Waals surface area contributed by atoms with Crippen molar-refractivity contribution in [3.63, 3.8) is 0 Å². The van der Waals surface area contributed by atoms with E-state index in [1.807, 2.05) is 37.1 Å². The first-order chi connectivity index (χ1) is 16.3. The van der Waals surface area contributed by atoms with E-state index in [2.05, 4.69) is 36.7 Å². The van der Waals surface area contributed by atoms with Crippen molar-refractivity contribution in [3.8, 4) is 11.3 Å². The zero-order valence-electron chi connectivity index (χ0n) is 18.6. The summed E-state index contributed by atoms with van der Waals surface area (Å²) in [6, 6.07) is 6.70. The summed E-state index contributed by atoms with van der Waals surface area (Å²) in [5.74, 6) is 2.16. The summed E-state index contributed by atoms with van der Waals surface area (Å²) in [6.07, 6.45) is 17.0. The third-order valence-corrected chi connectivity index (χ3v) is 7.36. The van der Waals surface area contributed by atoms with Crippen molar-refractivity contribution < 1.29 is 0 Å². The number of fused-ring (bicyclic) bond motifs is 1. The molecule has 7 heteroatoms. The number of pyridine rings is 2. The van der Waals surface area contributed by atoms with E-state index in [0.717, 1.165) is 54.0 Å². The zero-order valence-corrected chi connectivity index (χ0v) is 18.6. The SMILES string of the molecule is c1cnc(C2CC2)c(-c2cc3cnn(C4CCN(c5ncc(C6CC6)cn5)CC4)c3cn2)c1. The molecule has 3 aliphatic rings. The molecule has 0 unspecified atom stereocenters. The summed E-state index contributed by atoms with van der Waals surface area (Å²) in [4.78, 5) is 21.1. The van der Waals surface area contributed by atoms with Crippen LogP contribution in [0.15, 0.2) is 49.2 Å². The number of rotatable bonds is 5. The fourth-order valence-electron chi connectivity index (χ4n) is 5.13. The number of anilines is 1. The van der Waals surface area contributed by atoms with E-state index in [9.17, 15) is 0 Å². The molecular weight excluding hydrogens is 410 g/mol. The van der Waals surface area contributed by atoms with E-state index in [-0.39, 0.29) is 0 Å². The van der Waals surface area contributed by atoms with Gasteiger partial charge in [0.25, 0.3) is 0 Å². The second kappa shape index (κ2) is 7.61. The first-order valence-electron chi connectivity index (χ1n) is 12.2. The molecule has 0 atom stereocenters. The topological polar surface area (TPSA) is 72.6 Å². The average molecular weight is 438 g/mol. The van der Waals surface area contributed by atoms with Gasteiger partial charge in [-0.15, -0.1) is 0 Å². The predicted molar refractivity (Wildman–Crippen MR) is 127 cm³/mol. The second-order valence-corrected chi connectivity index (χ2v) is 9.74. The largest absolute Gasteiger partial charge is 0.341 e. The Morgan fingerprint density at radius 2 is 1.58 bits per heavy atom. The van der Waals surface area contributed by atoms with Gasteiger partial charge in [-0.05, 0) is 68.2 Å². The molecule has 0 amide bonds. The molecule has 4 aromatic heterocycles. The predicted octanol–water partition coefficient (Wildman–Crippen LogP) is 4.88. The Balaban J connectivity index is 1.09. The molecule has 2 aliphatic carbocycles. The maximum atomic E-state index is 4.83. The Morgan fingerprint density at radius 3 is 2.33 bits per heavy atom.